The van der Waals surface area contributed by atoms with E-state index >= 15 is 0 Å². The van der Waals surface area contributed by atoms with E-state index in [9.17, 15) is 22.8 Å². The van der Waals surface area contributed by atoms with Crippen molar-refractivity contribution < 1.29 is 32.3 Å². The number of benzene rings is 2. The van der Waals surface area contributed by atoms with Gasteiger partial charge in [-0.25, -0.2) is 8.42 Å². The Bertz CT molecular complexity index is 1480. The van der Waals surface area contributed by atoms with Crippen LogP contribution in [-0.4, -0.2) is 85.7 Å². The highest BCUT2D eigenvalue weighted by atomic mass is 35.5. The minimum absolute atomic E-state index is 0.0293. The summed E-state index contributed by atoms with van der Waals surface area (Å²) in [5, 5.41) is 13.5. The lowest BCUT2D eigenvalue weighted by molar-refractivity contribution is -0.166. The number of amides is 1. The van der Waals surface area contributed by atoms with Gasteiger partial charge in [0.05, 0.1) is 4.90 Å². The number of halogens is 1. The summed E-state index contributed by atoms with van der Waals surface area (Å²) in [6.45, 7) is 5.59. The quantitative estimate of drug-likeness (QED) is 0.241. The molecule has 43 heavy (non-hydrogen) atoms. The van der Waals surface area contributed by atoms with Gasteiger partial charge in [-0.05, 0) is 74.6 Å². The molecule has 1 saturated heterocycles. The second-order valence-corrected chi connectivity index (χ2v) is 14.1. The third kappa shape index (κ3) is 8.67. The van der Waals surface area contributed by atoms with Gasteiger partial charge in [0.2, 0.25) is 15.9 Å². The molecule has 1 saturated carbocycles. The molecule has 234 valence electrons. The summed E-state index contributed by atoms with van der Waals surface area (Å²) in [6, 6.07) is 10.3. The zero-order valence-corrected chi connectivity index (χ0v) is 26.3. The molecule has 0 bridgehead atoms. The summed E-state index contributed by atoms with van der Waals surface area (Å²) >= 11 is 6.04. The van der Waals surface area contributed by atoms with Gasteiger partial charge in [-0.3, -0.25) is 19.8 Å². The zero-order valence-electron chi connectivity index (χ0n) is 24.7. The number of carbonyl (C=O) groups excluding carboxylic acids is 3. The van der Waals surface area contributed by atoms with E-state index in [4.69, 9.17) is 26.5 Å². The zero-order chi connectivity index (χ0) is 31.4. The van der Waals surface area contributed by atoms with Gasteiger partial charge in [0, 0.05) is 50.1 Å². The van der Waals surface area contributed by atoms with Gasteiger partial charge < -0.3 is 19.7 Å². The third-order valence-electron chi connectivity index (χ3n) is 7.75. The van der Waals surface area contributed by atoms with E-state index in [0.29, 0.717) is 43.8 Å². The summed E-state index contributed by atoms with van der Waals surface area (Å²) in [5.74, 6) is -1.14. The second kappa shape index (κ2) is 13.6. The summed E-state index contributed by atoms with van der Waals surface area (Å²) in [7, 11) is -3.70. The first kappa shape index (κ1) is 32.7. The Labute approximate surface area is 257 Å². The van der Waals surface area contributed by atoms with E-state index in [1.54, 1.807) is 55.1 Å². The lowest BCUT2D eigenvalue weighted by atomic mass is 9.85. The van der Waals surface area contributed by atoms with E-state index in [2.05, 4.69) is 5.32 Å². The number of sulfonamides is 1. The lowest BCUT2D eigenvalue weighted by Gasteiger charge is -2.37. The highest BCUT2D eigenvalue weighted by Gasteiger charge is 2.34. The predicted octanol–water partition coefficient (Wildman–Crippen LogP) is 3.73. The highest BCUT2D eigenvalue weighted by Crippen LogP contribution is 2.28. The largest absolute Gasteiger partial charge is 0.462 e. The number of hydrogen-bond donors (Lipinski definition) is 2. The number of rotatable bonds is 9. The number of amidine groups is 1. The maximum atomic E-state index is 13.3. The Kier molecular flexibility index (Phi) is 10.3. The van der Waals surface area contributed by atoms with Crippen LogP contribution in [0.4, 0.5) is 0 Å². The fourth-order valence-electron chi connectivity index (χ4n) is 5.49. The van der Waals surface area contributed by atoms with Crippen molar-refractivity contribution in [3.63, 3.8) is 0 Å². The van der Waals surface area contributed by atoms with E-state index < -0.39 is 27.6 Å². The standard InChI is InChI=1S/C30H39ClN4O7S/c1-20(36)41-19-30(2,3)42-28(37)18-27(32)33-25-9-5-21(6-10-25)29(38)34-12-14-35(15-13-34)43(39,40)26-11-7-22-16-24(31)8-4-23(22)17-26/h4,7-8,11,16-17,21,25H,5-6,9-10,12-15,18-19H2,1-3H3,(H2,32,33). The summed E-state index contributed by atoms with van der Waals surface area (Å²) < 4.78 is 38.3. The molecule has 0 unspecified atom stereocenters. The van der Waals surface area contributed by atoms with Crippen molar-refractivity contribution in [3.05, 3.63) is 41.4 Å². The van der Waals surface area contributed by atoms with Crippen LogP contribution in [0.15, 0.2) is 41.3 Å². The van der Waals surface area contributed by atoms with E-state index in [0.717, 1.165) is 10.8 Å². The van der Waals surface area contributed by atoms with Crippen LogP contribution in [0.5, 0.6) is 0 Å². The van der Waals surface area contributed by atoms with Gasteiger partial charge >= 0.3 is 11.9 Å². The van der Waals surface area contributed by atoms with Gasteiger partial charge in [-0.1, -0.05) is 23.7 Å². The smallest absolute Gasteiger partial charge is 0.314 e. The number of nitrogens with one attached hydrogen (secondary N) is 2. The third-order valence-corrected chi connectivity index (χ3v) is 9.88. The molecule has 1 aliphatic carbocycles. The Morgan fingerprint density at radius 2 is 1.63 bits per heavy atom. The molecule has 0 spiro atoms. The molecule has 2 aromatic rings. The van der Waals surface area contributed by atoms with Crippen molar-refractivity contribution in [1.82, 2.24) is 14.5 Å². The van der Waals surface area contributed by atoms with Gasteiger partial charge in [0.15, 0.2) is 0 Å². The molecule has 2 aromatic carbocycles. The summed E-state index contributed by atoms with van der Waals surface area (Å²) in [4.78, 5) is 38.5. The SMILES string of the molecule is CC(=O)OCC(C)(C)OC(=O)CC(=N)NC1CCC(C(=O)N2CCN(S(=O)(=O)c3ccc4cc(Cl)ccc4c3)CC2)CC1. The number of nitrogens with zero attached hydrogens (tertiary/aromatic N) is 2. The maximum absolute atomic E-state index is 13.3. The molecule has 2 aliphatic rings. The van der Waals surface area contributed by atoms with Crippen LogP contribution in [0.25, 0.3) is 10.8 Å². The minimum Gasteiger partial charge on any atom is -0.462 e. The van der Waals surface area contributed by atoms with Crippen molar-refractivity contribution in [2.45, 2.75) is 69.4 Å². The molecule has 1 amide bonds. The number of hydrogen-bond acceptors (Lipinski definition) is 8. The Morgan fingerprint density at radius 3 is 2.28 bits per heavy atom. The molecule has 0 atom stereocenters. The highest BCUT2D eigenvalue weighted by molar-refractivity contribution is 7.89. The summed E-state index contributed by atoms with van der Waals surface area (Å²) in [6.07, 6.45) is 2.40. The lowest BCUT2D eigenvalue weighted by Crippen LogP contribution is -2.52. The number of ether oxygens (including phenoxy) is 2. The first-order valence-electron chi connectivity index (χ1n) is 14.4. The number of carbonyl (C=O) groups is 3. The molecular weight excluding hydrogens is 596 g/mol. The van der Waals surface area contributed by atoms with Crippen molar-refractivity contribution in [3.8, 4) is 0 Å². The molecule has 11 nitrogen and oxygen atoms in total. The molecule has 2 fully saturated rings. The van der Waals surface area contributed by atoms with Crippen LogP contribution in [-0.2, 0) is 33.9 Å². The molecule has 0 aromatic heterocycles. The molecule has 4 rings (SSSR count). The number of fused-ring (bicyclic) bond motifs is 1. The van der Waals surface area contributed by atoms with Gasteiger partial charge in [-0.15, -0.1) is 0 Å². The van der Waals surface area contributed by atoms with Gasteiger partial charge in [0.25, 0.3) is 0 Å². The topological polar surface area (TPSA) is 146 Å². The van der Waals surface area contributed by atoms with Crippen LogP contribution in [0.1, 0.15) is 52.9 Å². The van der Waals surface area contributed by atoms with E-state index in [1.807, 2.05) is 0 Å². The predicted molar refractivity (Wildman–Crippen MR) is 162 cm³/mol. The number of esters is 2. The monoisotopic (exact) mass is 634 g/mol. The van der Waals surface area contributed by atoms with Crippen molar-refractivity contribution in [1.29, 1.82) is 5.41 Å². The Balaban J connectivity index is 1.21. The van der Waals surface area contributed by atoms with Crippen molar-refractivity contribution >= 4 is 56.1 Å². The molecule has 0 radical (unpaired) electrons. The van der Waals surface area contributed by atoms with E-state index in [1.165, 1.54) is 11.2 Å². The van der Waals surface area contributed by atoms with Gasteiger partial charge in [0.1, 0.15) is 24.5 Å². The van der Waals surface area contributed by atoms with E-state index in [-0.39, 0.29) is 54.7 Å². The molecule has 1 aliphatic heterocycles. The average molecular weight is 635 g/mol. The van der Waals surface area contributed by atoms with Gasteiger partial charge in [-0.2, -0.15) is 4.31 Å². The second-order valence-electron chi connectivity index (χ2n) is 11.7. The molecule has 13 heteroatoms. The van der Waals surface area contributed by atoms with Crippen molar-refractivity contribution in [2.24, 2.45) is 5.92 Å². The Hall–Kier alpha value is -3.22. The minimum atomic E-state index is -3.70. The molecule has 1 heterocycles. The number of piperazine rings is 1. The first-order chi connectivity index (χ1) is 20.2. The normalized spacial score (nSPS) is 20.0. The van der Waals surface area contributed by atoms with Crippen LogP contribution < -0.4 is 5.32 Å². The van der Waals surface area contributed by atoms with Crippen LogP contribution in [0.2, 0.25) is 5.02 Å². The fourth-order valence-corrected chi connectivity index (χ4v) is 7.13. The Morgan fingerprint density at radius 1 is 1.00 bits per heavy atom. The van der Waals surface area contributed by atoms with Crippen LogP contribution >= 0.6 is 11.6 Å². The molecule has 2 N–H and O–H groups in total. The average Bonchev–Trinajstić information content (AvgIpc) is 2.95. The maximum Gasteiger partial charge on any atom is 0.314 e. The van der Waals surface area contributed by atoms with Crippen LogP contribution in [0, 0.1) is 11.3 Å². The van der Waals surface area contributed by atoms with Crippen molar-refractivity contribution in [2.75, 3.05) is 32.8 Å². The van der Waals surface area contributed by atoms with Crippen LogP contribution in [0.3, 0.4) is 0 Å². The first-order valence-corrected chi connectivity index (χ1v) is 16.2. The molecular formula is C30H39ClN4O7S. The summed E-state index contributed by atoms with van der Waals surface area (Å²) in [5.41, 5.74) is -0.997. The fraction of sp³-hybridized carbons (Fsp3) is 0.533.